The summed E-state index contributed by atoms with van der Waals surface area (Å²) < 4.78 is 41.6. The fourth-order valence-electron chi connectivity index (χ4n) is 6.04. The number of piperidine rings is 1. The molecule has 2 atom stereocenters. The van der Waals surface area contributed by atoms with Crippen LogP contribution in [0.1, 0.15) is 69.9 Å². The number of halogens is 2. The second kappa shape index (κ2) is 15.0. The largest absolute Gasteiger partial charge is 0.382 e. The van der Waals surface area contributed by atoms with E-state index in [1.807, 2.05) is 31.2 Å². The molecule has 1 aromatic rings. The van der Waals surface area contributed by atoms with Crippen LogP contribution in [0.2, 0.25) is 0 Å². The Bertz CT molecular complexity index is 1230. The van der Waals surface area contributed by atoms with E-state index in [-0.39, 0.29) is 24.1 Å². The third-order valence-electron chi connectivity index (χ3n) is 8.72. The average Bonchev–Trinajstić information content (AvgIpc) is 3.34. The van der Waals surface area contributed by atoms with E-state index in [0.29, 0.717) is 49.8 Å². The number of carbonyl (C=O) groups is 1. The predicted octanol–water partition coefficient (Wildman–Crippen LogP) is 6.38. The first kappa shape index (κ1) is 32.0. The van der Waals surface area contributed by atoms with Crippen molar-refractivity contribution >= 4 is 11.6 Å². The van der Waals surface area contributed by atoms with Gasteiger partial charge in [0.25, 0.3) is 5.91 Å². The Morgan fingerprint density at radius 3 is 2.69 bits per heavy atom. The molecule has 3 fully saturated rings. The smallest absolute Gasteiger partial charge is 0.258 e. The number of amides is 1. The first-order chi connectivity index (χ1) is 20.3. The van der Waals surface area contributed by atoms with E-state index in [0.717, 1.165) is 44.5 Å². The highest BCUT2D eigenvalue weighted by atomic mass is 19.1. The summed E-state index contributed by atoms with van der Waals surface area (Å²) in [6.45, 7) is 8.51. The molecule has 6 nitrogen and oxygen atoms in total. The Hall–Kier alpha value is -2.90. The summed E-state index contributed by atoms with van der Waals surface area (Å²) in [6, 6.07) is 7.39. The number of allylic oxidation sites excluding steroid dienone is 4. The monoisotopic (exact) mass is 581 g/mol. The van der Waals surface area contributed by atoms with Gasteiger partial charge in [-0.3, -0.25) is 4.79 Å². The highest BCUT2D eigenvalue weighted by Gasteiger charge is 2.45. The van der Waals surface area contributed by atoms with Crippen LogP contribution in [-0.2, 0) is 20.9 Å². The van der Waals surface area contributed by atoms with Crippen molar-refractivity contribution in [2.24, 2.45) is 10.9 Å². The number of hydrogen-bond acceptors (Lipinski definition) is 5. The van der Waals surface area contributed by atoms with Gasteiger partial charge in [-0.15, -0.1) is 0 Å². The molecule has 0 radical (unpaired) electrons. The number of benzene rings is 1. The van der Waals surface area contributed by atoms with Crippen LogP contribution in [0, 0.1) is 5.92 Å². The second-order valence-corrected chi connectivity index (χ2v) is 11.8. The molecule has 42 heavy (non-hydrogen) atoms. The molecule has 4 aliphatic rings. The summed E-state index contributed by atoms with van der Waals surface area (Å²) in [7, 11) is 1.63. The Labute approximate surface area is 249 Å². The molecule has 0 saturated carbocycles. The van der Waals surface area contributed by atoms with E-state index < -0.39 is 17.4 Å². The highest BCUT2D eigenvalue weighted by Crippen LogP contribution is 2.36. The molecule has 0 spiro atoms. The zero-order valence-corrected chi connectivity index (χ0v) is 25.3. The van der Waals surface area contributed by atoms with Crippen molar-refractivity contribution in [1.29, 1.82) is 0 Å². The Morgan fingerprint density at radius 1 is 1.21 bits per heavy atom. The van der Waals surface area contributed by atoms with Crippen LogP contribution in [0.3, 0.4) is 0 Å². The minimum atomic E-state index is -1.95. The standard InChI is InChI=1S/C34H45F2N3O3/c1-4-17-34(36,32(40)38-33(2)19-22-39-20-15-28(33)16-21-39)18-6-5-8-29-9-7-10-30(35)31(37-29)27-13-11-26(12-14-27)25-42-24-23-41-3/h5,7-8,10-14,28H,4,6,15-25H2,1-3H3,(H,38,40)/b8-5-. The molecule has 1 aromatic carbocycles. The van der Waals surface area contributed by atoms with Gasteiger partial charge in [0.05, 0.1) is 19.8 Å². The summed E-state index contributed by atoms with van der Waals surface area (Å²) in [4.78, 5) is 20.3. The number of fused-ring (bicyclic) bond motifs is 4. The van der Waals surface area contributed by atoms with Crippen LogP contribution in [0.5, 0.6) is 0 Å². The van der Waals surface area contributed by atoms with Gasteiger partial charge in [0.15, 0.2) is 5.67 Å². The maximum Gasteiger partial charge on any atom is 0.258 e. The minimum absolute atomic E-state index is 0.0735. The first-order valence-corrected chi connectivity index (χ1v) is 15.2. The SMILES string of the molecule is CCCC(F)(CC/C=C\C1=C=CC=C(F)C(c2ccc(COCCOC)cc2)=N1)C(=O)NC1(C)CCN2CCC1CC2. The van der Waals surface area contributed by atoms with Crippen molar-refractivity contribution in [2.45, 2.75) is 76.6 Å². The van der Waals surface area contributed by atoms with Gasteiger partial charge in [0, 0.05) is 24.8 Å². The molecule has 4 aliphatic heterocycles. The first-order valence-electron chi connectivity index (χ1n) is 15.2. The number of methoxy groups -OCH3 is 1. The van der Waals surface area contributed by atoms with Crippen LogP contribution in [0.4, 0.5) is 8.78 Å². The van der Waals surface area contributed by atoms with Crippen LogP contribution in [0.25, 0.3) is 0 Å². The summed E-state index contributed by atoms with van der Waals surface area (Å²) in [6.07, 6.45) is 10.4. The maximum absolute atomic E-state index is 16.2. The van der Waals surface area contributed by atoms with Crippen molar-refractivity contribution in [3.63, 3.8) is 0 Å². The number of rotatable bonds is 14. The van der Waals surface area contributed by atoms with E-state index in [4.69, 9.17) is 9.47 Å². The van der Waals surface area contributed by atoms with Crippen molar-refractivity contribution in [1.82, 2.24) is 10.2 Å². The molecule has 228 valence electrons. The normalized spacial score (nSPS) is 25.3. The predicted molar refractivity (Wildman–Crippen MR) is 163 cm³/mol. The number of ether oxygens (including phenoxy) is 2. The van der Waals surface area contributed by atoms with Crippen LogP contribution in [-0.4, -0.2) is 67.7 Å². The van der Waals surface area contributed by atoms with Gasteiger partial charge in [-0.2, -0.15) is 0 Å². The van der Waals surface area contributed by atoms with Crippen molar-refractivity contribution < 1.29 is 23.0 Å². The van der Waals surface area contributed by atoms with E-state index in [1.165, 1.54) is 12.2 Å². The number of nitrogens with zero attached hydrogens (tertiary/aromatic N) is 2. The Kier molecular flexibility index (Phi) is 11.4. The molecule has 1 amide bonds. The molecule has 0 aliphatic carbocycles. The number of aliphatic imine (C=N–C) groups is 1. The van der Waals surface area contributed by atoms with Crippen molar-refractivity contribution in [3.05, 3.63) is 77.0 Å². The lowest BCUT2D eigenvalue weighted by Crippen LogP contribution is -2.57. The fraction of sp³-hybridized carbons (Fsp3) is 0.559. The zero-order chi connectivity index (χ0) is 30.0. The van der Waals surface area contributed by atoms with Gasteiger partial charge in [-0.05, 0) is 88.2 Å². The van der Waals surface area contributed by atoms with Crippen LogP contribution in [0.15, 0.2) is 70.8 Å². The lowest BCUT2D eigenvalue weighted by Gasteiger charge is -2.39. The molecule has 4 heterocycles. The number of alkyl halides is 1. The third-order valence-corrected chi connectivity index (χ3v) is 8.72. The summed E-state index contributed by atoms with van der Waals surface area (Å²) in [5.41, 5.74) is 2.89. The molecule has 5 rings (SSSR count). The van der Waals surface area contributed by atoms with E-state index in [2.05, 4.69) is 27.9 Å². The summed E-state index contributed by atoms with van der Waals surface area (Å²) >= 11 is 0. The van der Waals surface area contributed by atoms with Crippen molar-refractivity contribution in [3.8, 4) is 0 Å². The Balaban J connectivity index is 1.38. The molecule has 1 N–H and O–H groups in total. The van der Waals surface area contributed by atoms with E-state index >= 15 is 4.39 Å². The van der Waals surface area contributed by atoms with E-state index in [9.17, 15) is 9.18 Å². The van der Waals surface area contributed by atoms with Crippen LogP contribution < -0.4 is 5.32 Å². The number of hydrogen-bond donors (Lipinski definition) is 1. The van der Waals surface area contributed by atoms with E-state index in [1.54, 1.807) is 19.3 Å². The minimum Gasteiger partial charge on any atom is -0.382 e. The van der Waals surface area contributed by atoms with Gasteiger partial charge in [0.2, 0.25) is 0 Å². The third kappa shape index (κ3) is 8.35. The average molecular weight is 582 g/mol. The number of carbonyl (C=O) groups excluding carboxylic acids is 1. The topological polar surface area (TPSA) is 63.2 Å². The van der Waals surface area contributed by atoms with Gasteiger partial charge in [0.1, 0.15) is 17.2 Å². The molecule has 2 unspecified atom stereocenters. The van der Waals surface area contributed by atoms with Gasteiger partial charge in [-0.1, -0.05) is 49.4 Å². The van der Waals surface area contributed by atoms with Crippen molar-refractivity contribution in [2.75, 3.05) is 40.0 Å². The molecule has 8 heteroatoms. The summed E-state index contributed by atoms with van der Waals surface area (Å²) in [5, 5.41) is 3.17. The molecule has 0 aromatic heterocycles. The number of nitrogens with one attached hydrogen (secondary N) is 1. The molecular weight excluding hydrogens is 536 g/mol. The maximum atomic E-state index is 16.2. The molecule has 3 saturated heterocycles. The molecule has 2 bridgehead atoms. The van der Waals surface area contributed by atoms with Crippen LogP contribution >= 0.6 is 0 Å². The molecular formula is C34H45F2N3O3. The zero-order valence-electron chi connectivity index (χ0n) is 25.3. The lowest BCUT2D eigenvalue weighted by atomic mass is 9.78. The lowest BCUT2D eigenvalue weighted by molar-refractivity contribution is -0.136. The fourth-order valence-corrected chi connectivity index (χ4v) is 6.04. The van der Waals surface area contributed by atoms with Gasteiger partial charge < -0.3 is 19.7 Å². The highest BCUT2D eigenvalue weighted by molar-refractivity contribution is 6.12. The van der Waals surface area contributed by atoms with Gasteiger partial charge >= 0.3 is 0 Å². The van der Waals surface area contributed by atoms with Gasteiger partial charge in [-0.25, -0.2) is 13.8 Å². The quantitative estimate of drug-likeness (QED) is 0.205. The Morgan fingerprint density at radius 2 is 1.98 bits per heavy atom. The second-order valence-electron chi connectivity index (χ2n) is 11.8. The summed E-state index contributed by atoms with van der Waals surface area (Å²) in [5.74, 6) is -0.575.